The maximum Gasteiger partial charge on any atom is 0.422 e. The molecule has 0 aliphatic rings. The van der Waals surface area contributed by atoms with E-state index in [1.165, 1.54) is 36.1 Å². The van der Waals surface area contributed by atoms with E-state index in [4.69, 9.17) is 5.73 Å². The van der Waals surface area contributed by atoms with Crippen LogP contribution in [0, 0.1) is 0 Å². The minimum Gasteiger partial charge on any atom is -0.468 e. The summed E-state index contributed by atoms with van der Waals surface area (Å²) in [7, 11) is -2.59. The SMILES string of the molecule is Cn1cc(S(=O)(=O)NCc2cccnc2OCC(F)(F)F)cc1C(N)=O. The molecule has 2 rings (SSSR count). The van der Waals surface area contributed by atoms with E-state index in [0.29, 0.717) is 0 Å². The third kappa shape index (κ3) is 4.95. The van der Waals surface area contributed by atoms with Gasteiger partial charge in [-0.05, 0) is 12.1 Å². The molecule has 3 N–H and O–H groups in total. The van der Waals surface area contributed by atoms with Crippen molar-refractivity contribution in [2.75, 3.05) is 6.61 Å². The monoisotopic (exact) mass is 392 g/mol. The molecule has 8 nitrogen and oxygen atoms in total. The number of carbonyl (C=O) groups excluding carboxylic acids is 1. The number of nitrogens with one attached hydrogen (secondary N) is 1. The fourth-order valence-electron chi connectivity index (χ4n) is 2.02. The third-order valence-corrected chi connectivity index (χ3v) is 4.59. The highest BCUT2D eigenvalue weighted by Gasteiger charge is 2.29. The third-order valence-electron chi connectivity index (χ3n) is 3.22. The molecule has 0 atom stereocenters. The molecule has 0 radical (unpaired) electrons. The molecule has 142 valence electrons. The van der Waals surface area contributed by atoms with Gasteiger partial charge in [-0.1, -0.05) is 6.07 Å². The highest BCUT2D eigenvalue weighted by molar-refractivity contribution is 7.89. The van der Waals surface area contributed by atoms with Crippen LogP contribution in [0.15, 0.2) is 35.5 Å². The van der Waals surface area contributed by atoms with Gasteiger partial charge in [-0.3, -0.25) is 4.79 Å². The Labute approximate surface area is 146 Å². The smallest absolute Gasteiger partial charge is 0.422 e. The van der Waals surface area contributed by atoms with Gasteiger partial charge >= 0.3 is 6.18 Å². The van der Waals surface area contributed by atoms with Crippen LogP contribution in [0.4, 0.5) is 13.2 Å². The predicted molar refractivity (Wildman–Crippen MR) is 83.7 cm³/mol. The number of rotatable bonds is 7. The highest BCUT2D eigenvalue weighted by Crippen LogP contribution is 2.21. The van der Waals surface area contributed by atoms with Gasteiger partial charge in [0.05, 0.1) is 0 Å². The first-order valence-corrected chi connectivity index (χ1v) is 8.57. The molecule has 2 heterocycles. The number of sulfonamides is 1. The van der Waals surface area contributed by atoms with Crippen molar-refractivity contribution in [2.24, 2.45) is 12.8 Å². The number of alkyl halides is 3. The van der Waals surface area contributed by atoms with Crippen LogP contribution in [0.1, 0.15) is 16.1 Å². The lowest BCUT2D eigenvalue weighted by Gasteiger charge is -2.12. The lowest BCUT2D eigenvalue weighted by molar-refractivity contribution is -0.154. The number of aromatic nitrogens is 2. The molecule has 0 spiro atoms. The number of carbonyl (C=O) groups is 1. The molecule has 0 saturated heterocycles. The van der Waals surface area contributed by atoms with Gasteiger partial charge in [0, 0.05) is 31.5 Å². The zero-order valence-corrected chi connectivity index (χ0v) is 14.3. The average molecular weight is 392 g/mol. The quantitative estimate of drug-likeness (QED) is 0.727. The molecule has 0 aromatic carbocycles. The number of nitrogens with two attached hydrogens (primary N) is 1. The Morgan fingerprint density at radius 3 is 2.69 bits per heavy atom. The number of nitrogens with zero attached hydrogens (tertiary/aromatic N) is 2. The van der Waals surface area contributed by atoms with Gasteiger partial charge in [0.1, 0.15) is 10.6 Å². The molecule has 0 unspecified atom stereocenters. The van der Waals surface area contributed by atoms with Gasteiger partial charge < -0.3 is 15.0 Å². The molecule has 0 aliphatic heterocycles. The fourth-order valence-corrected chi connectivity index (χ4v) is 3.10. The highest BCUT2D eigenvalue weighted by atomic mass is 32.2. The standard InChI is InChI=1S/C14H15F3N4O4S/c1-21-7-10(5-11(21)12(18)22)26(23,24)20-6-9-3-2-4-19-13(9)25-8-14(15,16)17/h2-5,7,20H,6,8H2,1H3,(H2,18,22). The summed E-state index contributed by atoms with van der Waals surface area (Å²) < 4.78 is 69.5. The number of ether oxygens (including phenoxy) is 1. The van der Waals surface area contributed by atoms with E-state index in [1.807, 2.05) is 0 Å². The van der Waals surface area contributed by atoms with Crippen LogP contribution in [0.5, 0.6) is 5.88 Å². The summed E-state index contributed by atoms with van der Waals surface area (Å²) in [4.78, 5) is 14.7. The minimum atomic E-state index is -4.55. The largest absolute Gasteiger partial charge is 0.468 e. The topological polar surface area (TPSA) is 116 Å². The molecule has 0 fully saturated rings. The maximum absolute atomic E-state index is 12.3. The van der Waals surface area contributed by atoms with Crippen molar-refractivity contribution in [1.82, 2.24) is 14.3 Å². The van der Waals surface area contributed by atoms with Crippen molar-refractivity contribution in [3.63, 3.8) is 0 Å². The summed E-state index contributed by atoms with van der Waals surface area (Å²) in [6, 6.07) is 3.90. The predicted octanol–water partition coefficient (Wildman–Crippen LogP) is 0.939. The summed E-state index contributed by atoms with van der Waals surface area (Å²) >= 11 is 0. The van der Waals surface area contributed by atoms with Crippen LogP contribution in [-0.4, -0.2) is 36.7 Å². The molecule has 1 amide bonds. The lowest BCUT2D eigenvalue weighted by Crippen LogP contribution is -2.24. The number of hydrogen-bond acceptors (Lipinski definition) is 5. The van der Waals surface area contributed by atoms with Crippen molar-refractivity contribution >= 4 is 15.9 Å². The van der Waals surface area contributed by atoms with E-state index in [9.17, 15) is 26.4 Å². The Bertz CT molecular complexity index is 909. The molecule has 2 aromatic heterocycles. The van der Waals surface area contributed by atoms with Crippen LogP contribution in [0.25, 0.3) is 0 Å². The Balaban J connectivity index is 2.15. The fraction of sp³-hybridized carbons (Fsp3) is 0.286. The molecular weight excluding hydrogens is 377 g/mol. The van der Waals surface area contributed by atoms with Gasteiger partial charge in [-0.15, -0.1) is 0 Å². The average Bonchev–Trinajstić information content (AvgIpc) is 2.94. The van der Waals surface area contributed by atoms with Gasteiger partial charge in [0.15, 0.2) is 6.61 Å². The molecule has 2 aromatic rings. The number of amides is 1. The van der Waals surface area contributed by atoms with Crippen LogP contribution in [0.3, 0.4) is 0 Å². The van der Waals surface area contributed by atoms with Gasteiger partial charge in [-0.2, -0.15) is 13.2 Å². The summed E-state index contributed by atoms with van der Waals surface area (Å²) in [6.45, 7) is -1.91. The molecule has 0 saturated carbocycles. The second-order valence-electron chi connectivity index (χ2n) is 5.23. The number of aryl methyl sites for hydroxylation is 1. The normalized spacial score (nSPS) is 12.2. The number of hydrogen-bond donors (Lipinski definition) is 2. The number of pyridine rings is 1. The first kappa shape index (κ1) is 19.7. The van der Waals surface area contributed by atoms with Crippen molar-refractivity contribution in [2.45, 2.75) is 17.6 Å². The second kappa shape index (κ2) is 7.33. The van der Waals surface area contributed by atoms with Crippen LogP contribution in [-0.2, 0) is 23.6 Å². The minimum absolute atomic E-state index is 0.0130. The molecular formula is C14H15F3N4O4S. The van der Waals surface area contributed by atoms with Crippen molar-refractivity contribution in [1.29, 1.82) is 0 Å². The number of halogens is 3. The van der Waals surface area contributed by atoms with E-state index in [-0.39, 0.29) is 28.6 Å². The zero-order chi connectivity index (χ0) is 19.5. The van der Waals surface area contributed by atoms with Gasteiger partial charge in [0.2, 0.25) is 15.9 Å². The summed E-state index contributed by atoms with van der Waals surface area (Å²) in [5.41, 5.74) is 5.24. The molecule has 12 heteroatoms. The maximum atomic E-state index is 12.3. The van der Waals surface area contributed by atoms with Crippen molar-refractivity contribution in [3.8, 4) is 5.88 Å². The Morgan fingerprint density at radius 2 is 2.12 bits per heavy atom. The first-order valence-electron chi connectivity index (χ1n) is 7.09. The van der Waals surface area contributed by atoms with E-state index in [0.717, 1.165) is 6.07 Å². The summed E-state index contributed by atoms with van der Waals surface area (Å²) in [5, 5.41) is 0. The summed E-state index contributed by atoms with van der Waals surface area (Å²) in [5.74, 6) is -1.14. The van der Waals surface area contributed by atoms with Crippen molar-refractivity contribution in [3.05, 3.63) is 41.9 Å². The zero-order valence-electron chi connectivity index (χ0n) is 13.4. The van der Waals surface area contributed by atoms with E-state index in [1.54, 1.807) is 0 Å². The van der Waals surface area contributed by atoms with Crippen molar-refractivity contribution < 1.29 is 31.1 Å². The van der Waals surface area contributed by atoms with Crippen LogP contribution in [0.2, 0.25) is 0 Å². The first-order chi connectivity index (χ1) is 12.0. The van der Waals surface area contributed by atoms with Gasteiger partial charge in [-0.25, -0.2) is 18.1 Å². The summed E-state index contributed by atoms with van der Waals surface area (Å²) in [6.07, 6.45) is -2.14. The molecule has 0 bridgehead atoms. The van der Waals surface area contributed by atoms with E-state index >= 15 is 0 Å². The molecule has 0 aliphatic carbocycles. The van der Waals surface area contributed by atoms with E-state index < -0.39 is 28.7 Å². The van der Waals surface area contributed by atoms with Crippen LogP contribution < -0.4 is 15.2 Å². The number of primary amides is 1. The lowest BCUT2D eigenvalue weighted by atomic mass is 10.3. The Kier molecular flexibility index (Phi) is 5.56. The van der Waals surface area contributed by atoms with Crippen LogP contribution >= 0.6 is 0 Å². The van der Waals surface area contributed by atoms with E-state index in [2.05, 4.69) is 14.4 Å². The molecule has 26 heavy (non-hydrogen) atoms. The second-order valence-corrected chi connectivity index (χ2v) is 7.00. The Morgan fingerprint density at radius 1 is 1.42 bits per heavy atom. The Hall–Kier alpha value is -2.60. The van der Waals surface area contributed by atoms with Gasteiger partial charge in [0.25, 0.3) is 5.91 Å².